The third-order valence-corrected chi connectivity index (χ3v) is 3.11. The Morgan fingerprint density at radius 2 is 2.32 bits per heavy atom. The number of carboxylic acid groups (broad SMARTS) is 1. The molecule has 2 unspecified atom stereocenters. The maximum Gasteiger partial charge on any atom is 0.303 e. The Hall–Kier alpha value is -1.59. The molecule has 104 valence electrons. The SMILES string of the molecule is CC1(Cc2cccc(O)c2)OCC(CCC(=O)O)O1. The Labute approximate surface area is 111 Å². The molecule has 0 radical (unpaired) electrons. The van der Waals surface area contributed by atoms with E-state index >= 15 is 0 Å². The van der Waals surface area contributed by atoms with Gasteiger partial charge in [-0.2, -0.15) is 0 Å². The third kappa shape index (κ3) is 3.94. The highest BCUT2D eigenvalue weighted by atomic mass is 16.7. The predicted molar refractivity (Wildman–Crippen MR) is 67.9 cm³/mol. The van der Waals surface area contributed by atoms with Crippen molar-refractivity contribution in [1.29, 1.82) is 0 Å². The summed E-state index contributed by atoms with van der Waals surface area (Å²) in [5.74, 6) is -1.37. The van der Waals surface area contributed by atoms with E-state index in [9.17, 15) is 9.90 Å². The largest absolute Gasteiger partial charge is 0.508 e. The van der Waals surface area contributed by atoms with Crippen molar-refractivity contribution >= 4 is 5.97 Å². The molecule has 0 aromatic heterocycles. The van der Waals surface area contributed by atoms with Gasteiger partial charge in [0.1, 0.15) is 5.75 Å². The van der Waals surface area contributed by atoms with Gasteiger partial charge in [-0.1, -0.05) is 12.1 Å². The number of hydrogen-bond donors (Lipinski definition) is 2. The van der Waals surface area contributed by atoms with Crippen molar-refractivity contribution in [2.24, 2.45) is 0 Å². The molecule has 1 fully saturated rings. The lowest BCUT2D eigenvalue weighted by atomic mass is 10.1. The van der Waals surface area contributed by atoms with Crippen LogP contribution in [-0.4, -0.2) is 34.7 Å². The van der Waals surface area contributed by atoms with Crippen LogP contribution in [0.3, 0.4) is 0 Å². The van der Waals surface area contributed by atoms with Crippen LogP contribution in [0.2, 0.25) is 0 Å². The fraction of sp³-hybridized carbons (Fsp3) is 0.500. The highest BCUT2D eigenvalue weighted by molar-refractivity contribution is 5.66. The standard InChI is InChI=1S/C14H18O5/c1-14(8-10-3-2-4-11(15)7-10)18-9-12(19-14)5-6-13(16)17/h2-4,7,12,15H,5-6,8-9H2,1H3,(H,16,17). The number of ether oxygens (including phenoxy) is 2. The number of benzene rings is 1. The van der Waals surface area contributed by atoms with Crippen LogP contribution in [0.1, 0.15) is 25.3 Å². The zero-order valence-electron chi connectivity index (χ0n) is 10.8. The van der Waals surface area contributed by atoms with Gasteiger partial charge in [-0.15, -0.1) is 0 Å². The summed E-state index contributed by atoms with van der Waals surface area (Å²) in [5.41, 5.74) is 0.918. The monoisotopic (exact) mass is 266 g/mol. The minimum Gasteiger partial charge on any atom is -0.508 e. The van der Waals surface area contributed by atoms with E-state index in [4.69, 9.17) is 14.6 Å². The summed E-state index contributed by atoms with van der Waals surface area (Å²) in [6, 6.07) is 6.94. The summed E-state index contributed by atoms with van der Waals surface area (Å²) < 4.78 is 11.4. The van der Waals surface area contributed by atoms with Gasteiger partial charge < -0.3 is 19.7 Å². The molecule has 0 bridgehead atoms. The van der Waals surface area contributed by atoms with Crippen LogP contribution in [-0.2, 0) is 20.7 Å². The molecule has 2 N–H and O–H groups in total. The van der Waals surface area contributed by atoms with Crippen LogP contribution in [0.4, 0.5) is 0 Å². The second-order valence-electron chi connectivity index (χ2n) is 4.96. The minimum atomic E-state index is -0.829. The second kappa shape index (κ2) is 5.59. The zero-order chi connectivity index (χ0) is 13.9. The molecule has 2 atom stereocenters. The average Bonchev–Trinajstić information content (AvgIpc) is 2.68. The molecule has 0 aliphatic carbocycles. The van der Waals surface area contributed by atoms with E-state index in [1.165, 1.54) is 0 Å². The molecular weight excluding hydrogens is 248 g/mol. The molecule has 1 aromatic carbocycles. The Balaban J connectivity index is 1.92. The third-order valence-electron chi connectivity index (χ3n) is 3.11. The molecule has 2 rings (SSSR count). The van der Waals surface area contributed by atoms with Crippen molar-refractivity contribution in [3.63, 3.8) is 0 Å². The normalized spacial score (nSPS) is 26.5. The molecule has 1 saturated heterocycles. The van der Waals surface area contributed by atoms with Gasteiger partial charge in [-0.25, -0.2) is 0 Å². The maximum absolute atomic E-state index is 10.5. The summed E-state index contributed by atoms with van der Waals surface area (Å²) in [6.07, 6.45) is 0.866. The van der Waals surface area contributed by atoms with E-state index < -0.39 is 11.8 Å². The van der Waals surface area contributed by atoms with Crippen molar-refractivity contribution in [3.05, 3.63) is 29.8 Å². The van der Waals surface area contributed by atoms with E-state index in [0.29, 0.717) is 19.4 Å². The summed E-state index contributed by atoms with van der Waals surface area (Å²) in [4.78, 5) is 10.5. The van der Waals surface area contributed by atoms with Crippen LogP contribution in [0.15, 0.2) is 24.3 Å². The van der Waals surface area contributed by atoms with Crippen LogP contribution >= 0.6 is 0 Å². The average molecular weight is 266 g/mol. The molecule has 5 nitrogen and oxygen atoms in total. The van der Waals surface area contributed by atoms with Crippen LogP contribution in [0.5, 0.6) is 5.75 Å². The number of carbonyl (C=O) groups is 1. The predicted octanol–water partition coefficient (Wildman–Crippen LogP) is 1.93. The van der Waals surface area contributed by atoms with Gasteiger partial charge in [0, 0.05) is 12.8 Å². The first kappa shape index (κ1) is 13.8. The minimum absolute atomic E-state index is 0.0796. The highest BCUT2D eigenvalue weighted by Gasteiger charge is 2.37. The van der Waals surface area contributed by atoms with Gasteiger partial charge in [0.05, 0.1) is 12.7 Å². The molecule has 1 aliphatic rings. The summed E-state index contributed by atoms with van der Waals surface area (Å²) >= 11 is 0. The topological polar surface area (TPSA) is 76.0 Å². The molecule has 1 aromatic rings. The van der Waals surface area contributed by atoms with E-state index in [1.807, 2.05) is 13.0 Å². The summed E-state index contributed by atoms with van der Waals surface area (Å²) in [5, 5.41) is 18.1. The number of rotatable bonds is 5. The van der Waals surface area contributed by atoms with Crippen molar-refractivity contribution in [1.82, 2.24) is 0 Å². The lowest BCUT2D eigenvalue weighted by Crippen LogP contribution is -2.29. The molecular formula is C14H18O5. The molecule has 19 heavy (non-hydrogen) atoms. The Morgan fingerprint density at radius 1 is 1.53 bits per heavy atom. The first-order valence-electron chi connectivity index (χ1n) is 6.28. The second-order valence-corrected chi connectivity index (χ2v) is 4.96. The van der Waals surface area contributed by atoms with Gasteiger partial charge in [0.15, 0.2) is 5.79 Å². The van der Waals surface area contributed by atoms with Gasteiger partial charge in [-0.05, 0) is 31.0 Å². The molecule has 0 amide bonds. The van der Waals surface area contributed by atoms with E-state index in [1.54, 1.807) is 18.2 Å². The summed E-state index contributed by atoms with van der Waals surface area (Å²) in [7, 11) is 0. The number of carboxylic acids is 1. The van der Waals surface area contributed by atoms with Crippen molar-refractivity contribution in [2.75, 3.05) is 6.61 Å². The van der Waals surface area contributed by atoms with Gasteiger partial charge in [-0.3, -0.25) is 4.79 Å². The van der Waals surface area contributed by atoms with Crippen LogP contribution in [0.25, 0.3) is 0 Å². The van der Waals surface area contributed by atoms with Gasteiger partial charge in [0.25, 0.3) is 0 Å². The summed E-state index contributed by atoms with van der Waals surface area (Å²) in [6.45, 7) is 2.24. The first-order chi connectivity index (χ1) is 8.97. The number of phenolic OH excluding ortho intramolecular Hbond substituents is 1. The number of hydrogen-bond acceptors (Lipinski definition) is 4. The van der Waals surface area contributed by atoms with E-state index in [0.717, 1.165) is 5.56 Å². The van der Waals surface area contributed by atoms with Gasteiger partial charge in [0.2, 0.25) is 0 Å². The smallest absolute Gasteiger partial charge is 0.303 e. The van der Waals surface area contributed by atoms with Gasteiger partial charge >= 0.3 is 5.97 Å². The number of phenols is 1. The quantitative estimate of drug-likeness (QED) is 0.851. The Bertz CT molecular complexity index is 459. The lowest BCUT2D eigenvalue weighted by molar-refractivity contribution is -0.155. The Morgan fingerprint density at radius 3 is 3.00 bits per heavy atom. The number of aliphatic carboxylic acids is 1. The van der Waals surface area contributed by atoms with E-state index in [2.05, 4.69) is 0 Å². The Kier molecular flexibility index (Phi) is 4.07. The highest BCUT2D eigenvalue weighted by Crippen LogP contribution is 2.29. The molecule has 0 spiro atoms. The van der Waals surface area contributed by atoms with Crippen LogP contribution < -0.4 is 0 Å². The number of aromatic hydroxyl groups is 1. The molecule has 5 heteroatoms. The molecule has 1 aliphatic heterocycles. The van der Waals surface area contributed by atoms with Crippen molar-refractivity contribution in [3.8, 4) is 5.75 Å². The van der Waals surface area contributed by atoms with Crippen LogP contribution in [0, 0.1) is 0 Å². The first-order valence-corrected chi connectivity index (χ1v) is 6.28. The molecule has 0 saturated carbocycles. The van der Waals surface area contributed by atoms with Crippen molar-refractivity contribution < 1.29 is 24.5 Å². The lowest BCUT2D eigenvalue weighted by Gasteiger charge is -2.23. The maximum atomic E-state index is 10.5. The van der Waals surface area contributed by atoms with E-state index in [-0.39, 0.29) is 18.3 Å². The van der Waals surface area contributed by atoms with Crippen molar-refractivity contribution in [2.45, 2.75) is 38.1 Å². The fourth-order valence-corrected chi connectivity index (χ4v) is 2.25. The molecule has 1 heterocycles. The fourth-order valence-electron chi connectivity index (χ4n) is 2.25. The zero-order valence-corrected chi connectivity index (χ0v) is 10.8.